The van der Waals surface area contributed by atoms with Crippen molar-refractivity contribution in [1.29, 1.82) is 0 Å². The van der Waals surface area contributed by atoms with Gasteiger partial charge in [-0.3, -0.25) is 0 Å². The molecule has 0 spiro atoms. The monoisotopic (exact) mass is 427 g/mol. The van der Waals surface area contributed by atoms with Crippen LogP contribution in [0.3, 0.4) is 0 Å². The summed E-state index contributed by atoms with van der Waals surface area (Å²) in [6.45, 7) is 2.56. The maximum absolute atomic E-state index is 12.6. The maximum Gasteiger partial charge on any atom is 0.338 e. The summed E-state index contributed by atoms with van der Waals surface area (Å²) in [5, 5.41) is 0.984. The van der Waals surface area contributed by atoms with Gasteiger partial charge in [0.2, 0.25) is 5.89 Å². The average Bonchev–Trinajstić information content (AvgIpc) is 3.36. The third kappa shape index (κ3) is 3.39. The lowest BCUT2D eigenvalue weighted by molar-refractivity contribution is 0.0303. The van der Waals surface area contributed by atoms with Crippen molar-refractivity contribution in [2.24, 2.45) is 0 Å². The van der Waals surface area contributed by atoms with Gasteiger partial charge >= 0.3 is 5.97 Å². The molecule has 0 N–H and O–H groups in total. The smallest absolute Gasteiger partial charge is 0.338 e. The first kappa shape index (κ1) is 18.2. The average molecular weight is 428 g/mol. The van der Waals surface area contributed by atoms with Gasteiger partial charge < -0.3 is 13.7 Å². The molecule has 0 radical (unpaired) electrons. The highest BCUT2D eigenvalue weighted by molar-refractivity contribution is 6.35. The summed E-state index contributed by atoms with van der Waals surface area (Å²) in [6.07, 6.45) is 2.29. The van der Waals surface area contributed by atoms with Gasteiger partial charge in [0.15, 0.2) is 5.58 Å². The number of nitrogens with zero attached hydrogens (tertiary/aromatic N) is 3. The second-order valence-corrected chi connectivity index (χ2v) is 7.87. The lowest BCUT2D eigenvalue weighted by Gasteiger charge is -2.11. The van der Waals surface area contributed by atoms with Crippen LogP contribution in [0.5, 0.6) is 0 Å². The molecule has 0 saturated heterocycles. The van der Waals surface area contributed by atoms with Crippen LogP contribution in [0.25, 0.3) is 22.6 Å². The SMILES string of the molecule is Cc1ncc2n1CC(OC(=O)c1ccc3nc(-c4cc(Cl)cc(Cl)c4)oc3c1)C2. The maximum atomic E-state index is 12.6. The molecule has 2 aromatic carbocycles. The first-order chi connectivity index (χ1) is 14.0. The highest BCUT2D eigenvalue weighted by atomic mass is 35.5. The van der Waals surface area contributed by atoms with E-state index in [4.69, 9.17) is 32.4 Å². The third-order valence-corrected chi connectivity index (χ3v) is 5.40. The summed E-state index contributed by atoms with van der Waals surface area (Å²) in [5.74, 6) is 0.917. The van der Waals surface area contributed by atoms with Crippen LogP contribution in [0.4, 0.5) is 0 Å². The molecule has 4 aromatic rings. The Morgan fingerprint density at radius 1 is 1.21 bits per heavy atom. The molecule has 3 heterocycles. The Morgan fingerprint density at radius 2 is 2.00 bits per heavy atom. The van der Waals surface area contributed by atoms with Crippen molar-refractivity contribution in [3.05, 3.63) is 69.7 Å². The topological polar surface area (TPSA) is 70.2 Å². The molecular formula is C21H15Cl2N3O3. The Bertz CT molecular complexity index is 1240. The molecule has 0 bridgehead atoms. The Balaban J connectivity index is 1.38. The van der Waals surface area contributed by atoms with Crippen LogP contribution >= 0.6 is 23.2 Å². The second kappa shape index (κ2) is 6.90. The van der Waals surface area contributed by atoms with Crippen LogP contribution in [-0.2, 0) is 17.7 Å². The van der Waals surface area contributed by atoms with Gasteiger partial charge in [-0.05, 0) is 43.3 Å². The first-order valence-corrected chi connectivity index (χ1v) is 9.81. The van der Waals surface area contributed by atoms with Gasteiger partial charge in [0.25, 0.3) is 0 Å². The van der Waals surface area contributed by atoms with E-state index in [-0.39, 0.29) is 6.10 Å². The predicted octanol–water partition coefficient (Wildman–Crippen LogP) is 5.09. The zero-order chi connectivity index (χ0) is 20.1. The van der Waals surface area contributed by atoms with Crippen molar-refractivity contribution < 1.29 is 13.9 Å². The molecule has 1 unspecified atom stereocenters. The summed E-state index contributed by atoms with van der Waals surface area (Å²) in [7, 11) is 0. The molecule has 0 saturated carbocycles. The molecule has 29 heavy (non-hydrogen) atoms. The zero-order valence-electron chi connectivity index (χ0n) is 15.4. The van der Waals surface area contributed by atoms with E-state index in [0.29, 0.717) is 51.1 Å². The number of carbonyl (C=O) groups is 1. The number of ether oxygens (including phenoxy) is 1. The van der Waals surface area contributed by atoms with Gasteiger partial charge in [-0.1, -0.05) is 23.2 Å². The summed E-state index contributed by atoms with van der Waals surface area (Å²) >= 11 is 12.1. The van der Waals surface area contributed by atoms with Crippen LogP contribution in [0.2, 0.25) is 10.0 Å². The van der Waals surface area contributed by atoms with E-state index in [9.17, 15) is 4.79 Å². The number of aryl methyl sites for hydroxylation is 1. The Labute approximate surface area is 176 Å². The van der Waals surface area contributed by atoms with Gasteiger partial charge in [0.05, 0.1) is 12.1 Å². The number of aromatic nitrogens is 3. The second-order valence-electron chi connectivity index (χ2n) is 7.00. The molecule has 1 aliphatic rings. The van der Waals surface area contributed by atoms with Gasteiger partial charge in [0, 0.05) is 33.9 Å². The van der Waals surface area contributed by atoms with Gasteiger partial charge in [-0.2, -0.15) is 0 Å². The molecule has 0 amide bonds. The van der Waals surface area contributed by atoms with Crippen molar-refractivity contribution >= 4 is 40.3 Å². The first-order valence-electron chi connectivity index (χ1n) is 9.05. The van der Waals surface area contributed by atoms with Crippen molar-refractivity contribution in [2.75, 3.05) is 0 Å². The van der Waals surface area contributed by atoms with E-state index in [1.165, 1.54) is 0 Å². The lowest BCUT2D eigenvalue weighted by Crippen LogP contribution is -2.20. The minimum atomic E-state index is -0.392. The summed E-state index contributed by atoms with van der Waals surface area (Å²) in [4.78, 5) is 21.3. The Morgan fingerprint density at radius 3 is 2.76 bits per heavy atom. The largest absolute Gasteiger partial charge is 0.456 e. The molecule has 5 rings (SSSR count). The highest BCUT2D eigenvalue weighted by Gasteiger charge is 2.27. The van der Waals surface area contributed by atoms with Crippen LogP contribution < -0.4 is 0 Å². The molecule has 0 aliphatic carbocycles. The molecule has 0 fully saturated rings. The van der Waals surface area contributed by atoms with Crippen molar-refractivity contribution in [1.82, 2.24) is 14.5 Å². The Hall–Kier alpha value is -2.83. The van der Waals surface area contributed by atoms with Gasteiger partial charge in [0.1, 0.15) is 17.4 Å². The normalized spacial score (nSPS) is 15.6. The van der Waals surface area contributed by atoms with E-state index in [1.54, 1.807) is 36.4 Å². The predicted molar refractivity (Wildman–Crippen MR) is 109 cm³/mol. The van der Waals surface area contributed by atoms with Crippen molar-refractivity contribution in [3.8, 4) is 11.5 Å². The fraction of sp³-hybridized carbons (Fsp3) is 0.190. The lowest BCUT2D eigenvalue weighted by atomic mass is 10.2. The number of carbonyl (C=O) groups excluding carboxylic acids is 1. The third-order valence-electron chi connectivity index (χ3n) is 4.97. The molecular weight excluding hydrogens is 413 g/mol. The number of esters is 1. The van der Waals surface area contributed by atoms with Crippen molar-refractivity contribution in [3.63, 3.8) is 0 Å². The van der Waals surface area contributed by atoms with E-state index >= 15 is 0 Å². The fourth-order valence-electron chi connectivity index (χ4n) is 3.58. The molecule has 1 aliphatic heterocycles. The van der Waals surface area contributed by atoms with Gasteiger partial charge in [-0.15, -0.1) is 0 Å². The van der Waals surface area contributed by atoms with Gasteiger partial charge in [-0.25, -0.2) is 14.8 Å². The number of rotatable bonds is 3. The number of halogens is 2. The molecule has 2 aromatic heterocycles. The summed E-state index contributed by atoms with van der Waals surface area (Å²) < 4.78 is 13.6. The standard InChI is InChI=1S/C21H15Cl2N3O3/c1-11-24-9-16-8-17(10-26(11)16)28-21(27)12-2-3-18-19(6-12)29-20(25-18)13-4-14(22)7-15(23)5-13/h2-7,9,17H,8,10H2,1H3. The van der Waals surface area contributed by atoms with Crippen LogP contribution in [0.1, 0.15) is 21.9 Å². The molecule has 146 valence electrons. The van der Waals surface area contributed by atoms with Crippen LogP contribution in [0, 0.1) is 6.92 Å². The number of imidazole rings is 1. The van der Waals surface area contributed by atoms with Crippen LogP contribution in [-0.4, -0.2) is 26.6 Å². The number of oxazole rings is 1. The number of benzene rings is 2. The quantitative estimate of drug-likeness (QED) is 0.426. The summed E-state index contributed by atoms with van der Waals surface area (Å²) in [6, 6.07) is 10.1. The minimum absolute atomic E-state index is 0.200. The number of fused-ring (bicyclic) bond motifs is 2. The minimum Gasteiger partial charge on any atom is -0.456 e. The highest BCUT2D eigenvalue weighted by Crippen LogP contribution is 2.30. The van der Waals surface area contributed by atoms with Crippen LogP contribution in [0.15, 0.2) is 47.0 Å². The van der Waals surface area contributed by atoms with E-state index in [0.717, 1.165) is 11.5 Å². The summed E-state index contributed by atoms with van der Waals surface area (Å²) in [5.41, 5.74) is 3.28. The van der Waals surface area contributed by atoms with E-state index in [2.05, 4.69) is 14.5 Å². The fourth-order valence-corrected chi connectivity index (χ4v) is 4.11. The molecule has 6 nitrogen and oxygen atoms in total. The zero-order valence-corrected chi connectivity index (χ0v) is 16.9. The molecule has 1 atom stereocenters. The molecule has 8 heteroatoms. The van der Waals surface area contributed by atoms with E-state index < -0.39 is 5.97 Å². The van der Waals surface area contributed by atoms with Crippen molar-refractivity contribution in [2.45, 2.75) is 26.0 Å². The van der Waals surface area contributed by atoms with E-state index in [1.807, 2.05) is 13.1 Å². The number of hydrogen-bond donors (Lipinski definition) is 0. The Kier molecular flexibility index (Phi) is 4.33. The number of hydrogen-bond acceptors (Lipinski definition) is 5.